The molecule has 22 heavy (non-hydrogen) atoms. The average molecular weight is 339 g/mol. The molecule has 1 N–H and O–H groups in total. The maximum absolute atomic E-state index is 12.4. The first-order valence-electron chi connectivity index (χ1n) is 6.34. The molecule has 0 bridgehead atoms. The molecule has 0 unspecified atom stereocenters. The summed E-state index contributed by atoms with van der Waals surface area (Å²) in [5, 5.41) is 10.9. The minimum absolute atomic E-state index is 0.0998. The van der Waals surface area contributed by atoms with Crippen LogP contribution in [-0.2, 0) is 29.2 Å². The molecule has 0 saturated heterocycles. The number of aromatic nitrogens is 3. The van der Waals surface area contributed by atoms with Gasteiger partial charge >= 0.3 is 0 Å². The van der Waals surface area contributed by atoms with Crippen LogP contribution in [0.1, 0.15) is 11.4 Å². The zero-order valence-corrected chi connectivity index (χ0v) is 13.3. The molecule has 0 aliphatic heterocycles. The van der Waals surface area contributed by atoms with Crippen molar-refractivity contribution >= 4 is 21.2 Å². The van der Waals surface area contributed by atoms with E-state index in [9.17, 15) is 8.42 Å². The lowest BCUT2D eigenvalue weighted by Crippen LogP contribution is -2.12. The van der Waals surface area contributed by atoms with Crippen LogP contribution < -0.4 is 0 Å². The highest BCUT2D eigenvalue weighted by atomic mass is 32.2. The molecular formula is C13H13N3O4S2. The number of thiophene rings is 1. The number of hydrogen-bond acceptors (Lipinski definition) is 7. The second kappa shape index (κ2) is 5.67. The van der Waals surface area contributed by atoms with Crippen LogP contribution in [0.25, 0.3) is 10.8 Å². The zero-order chi connectivity index (χ0) is 15.7. The summed E-state index contributed by atoms with van der Waals surface area (Å²) < 4.78 is 31.5. The summed E-state index contributed by atoms with van der Waals surface area (Å²) >= 11 is 1.46. The quantitative estimate of drug-likeness (QED) is 0.758. The molecule has 0 radical (unpaired) electrons. The van der Waals surface area contributed by atoms with E-state index in [1.165, 1.54) is 28.4 Å². The van der Waals surface area contributed by atoms with Crippen LogP contribution in [-0.4, -0.2) is 28.1 Å². The van der Waals surface area contributed by atoms with Crippen molar-refractivity contribution in [3.05, 3.63) is 41.4 Å². The molecule has 0 spiro atoms. The van der Waals surface area contributed by atoms with Crippen LogP contribution >= 0.6 is 11.3 Å². The van der Waals surface area contributed by atoms with Crippen LogP contribution in [0.3, 0.4) is 0 Å². The van der Waals surface area contributed by atoms with Crippen molar-refractivity contribution in [2.45, 2.75) is 17.5 Å². The Labute approximate surface area is 130 Å². The molecule has 0 aliphatic carbocycles. The molecule has 0 aromatic carbocycles. The third-order valence-electron chi connectivity index (χ3n) is 3.10. The largest absolute Gasteiger partial charge is 0.444 e. The summed E-state index contributed by atoms with van der Waals surface area (Å²) in [4.78, 5) is 8.90. The Hall–Kier alpha value is -1.97. The molecule has 3 rings (SSSR count). The normalized spacial score (nSPS) is 11.9. The second-order valence-corrected chi connectivity index (χ2v) is 7.46. The van der Waals surface area contributed by atoms with Crippen LogP contribution in [0.2, 0.25) is 0 Å². The number of rotatable bonds is 5. The minimum atomic E-state index is -3.67. The number of imidazole rings is 1. The van der Waals surface area contributed by atoms with Crippen molar-refractivity contribution in [1.29, 1.82) is 0 Å². The molecule has 7 nitrogen and oxygen atoms in total. The van der Waals surface area contributed by atoms with Crippen LogP contribution in [0, 0.1) is 0 Å². The maximum Gasteiger partial charge on any atom is 0.236 e. The molecule has 9 heteroatoms. The summed E-state index contributed by atoms with van der Waals surface area (Å²) in [6.45, 7) is -0.272. The summed E-state index contributed by atoms with van der Waals surface area (Å²) in [6, 6.07) is 3.71. The summed E-state index contributed by atoms with van der Waals surface area (Å²) in [5.74, 6) is 0.0912. The van der Waals surface area contributed by atoms with E-state index in [-0.39, 0.29) is 17.5 Å². The highest BCUT2D eigenvalue weighted by Gasteiger charge is 2.24. The predicted octanol–water partition coefficient (Wildman–Crippen LogP) is 1.60. The SMILES string of the molecule is Cn1c(CO)cnc1S(=O)(=O)Cc1coc(-c2cccs2)n1. The van der Waals surface area contributed by atoms with Gasteiger partial charge in [-0.1, -0.05) is 6.07 Å². The zero-order valence-electron chi connectivity index (χ0n) is 11.6. The lowest BCUT2D eigenvalue weighted by molar-refractivity contribution is 0.271. The van der Waals surface area contributed by atoms with Gasteiger partial charge < -0.3 is 14.1 Å². The van der Waals surface area contributed by atoms with E-state index in [0.29, 0.717) is 17.3 Å². The van der Waals surface area contributed by atoms with Crippen LogP contribution in [0.15, 0.2) is 39.5 Å². The number of nitrogens with zero attached hydrogens (tertiary/aromatic N) is 3. The molecule has 0 saturated carbocycles. The molecule has 0 amide bonds. The highest BCUT2D eigenvalue weighted by Crippen LogP contribution is 2.25. The highest BCUT2D eigenvalue weighted by molar-refractivity contribution is 7.90. The fourth-order valence-electron chi connectivity index (χ4n) is 2.01. The summed E-state index contributed by atoms with van der Waals surface area (Å²) in [7, 11) is -2.12. The average Bonchev–Trinajstić information content (AvgIpc) is 3.17. The molecule has 0 fully saturated rings. The number of sulfone groups is 1. The lowest BCUT2D eigenvalue weighted by atomic mass is 10.5. The standard InChI is InChI=1S/C13H13N3O4S2/c1-16-10(6-17)5-14-13(16)22(18,19)8-9-7-20-12(15-9)11-3-2-4-21-11/h2-5,7,17H,6,8H2,1H3. The molecule has 0 aliphatic rings. The maximum atomic E-state index is 12.4. The van der Waals surface area contributed by atoms with E-state index >= 15 is 0 Å². The minimum Gasteiger partial charge on any atom is -0.444 e. The number of hydrogen-bond donors (Lipinski definition) is 1. The summed E-state index contributed by atoms with van der Waals surface area (Å²) in [6.07, 6.45) is 2.68. The first-order valence-corrected chi connectivity index (χ1v) is 8.87. The van der Waals surface area contributed by atoms with Gasteiger partial charge in [0.1, 0.15) is 12.0 Å². The van der Waals surface area contributed by atoms with Gasteiger partial charge in [0.25, 0.3) is 0 Å². The van der Waals surface area contributed by atoms with E-state index < -0.39 is 9.84 Å². The third kappa shape index (κ3) is 2.70. The molecule has 3 aromatic heterocycles. The molecule has 116 valence electrons. The van der Waals surface area contributed by atoms with Crippen molar-refractivity contribution in [1.82, 2.24) is 14.5 Å². The molecule has 3 aromatic rings. The van der Waals surface area contributed by atoms with Gasteiger partial charge in [0.2, 0.25) is 20.9 Å². The Bertz CT molecular complexity index is 878. The van der Waals surface area contributed by atoms with Crippen molar-refractivity contribution in [3.63, 3.8) is 0 Å². The number of aliphatic hydroxyl groups excluding tert-OH is 1. The third-order valence-corrected chi connectivity index (χ3v) is 5.57. The second-order valence-electron chi connectivity index (χ2n) is 4.63. The van der Waals surface area contributed by atoms with E-state index in [1.807, 2.05) is 17.5 Å². The first-order chi connectivity index (χ1) is 10.5. The van der Waals surface area contributed by atoms with Gasteiger partial charge in [0, 0.05) is 7.05 Å². The van der Waals surface area contributed by atoms with Gasteiger partial charge in [0.15, 0.2) is 0 Å². The van der Waals surface area contributed by atoms with Crippen LogP contribution in [0.5, 0.6) is 0 Å². The van der Waals surface area contributed by atoms with E-state index in [4.69, 9.17) is 9.52 Å². The van der Waals surface area contributed by atoms with Gasteiger partial charge in [-0.25, -0.2) is 18.4 Å². The number of aliphatic hydroxyl groups is 1. The van der Waals surface area contributed by atoms with E-state index in [1.54, 1.807) is 7.05 Å². The van der Waals surface area contributed by atoms with Crippen molar-refractivity contribution in [3.8, 4) is 10.8 Å². The fraction of sp³-hybridized carbons (Fsp3) is 0.231. The Morgan fingerprint density at radius 2 is 2.27 bits per heavy atom. The molecular weight excluding hydrogens is 326 g/mol. The van der Waals surface area contributed by atoms with Crippen molar-refractivity contribution in [2.24, 2.45) is 7.05 Å². The Balaban J connectivity index is 1.87. The Morgan fingerprint density at radius 3 is 2.91 bits per heavy atom. The molecule has 3 heterocycles. The van der Waals surface area contributed by atoms with Gasteiger partial charge in [-0.15, -0.1) is 11.3 Å². The number of oxazole rings is 1. The van der Waals surface area contributed by atoms with E-state index in [0.717, 1.165) is 4.88 Å². The van der Waals surface area contributed by atoms with Gasteiger partial charge in [-0.3, -0.25) is 0 Å². The van der Waals surface area contributed by atoms with Crippen molar-refractivity contribution in [2.75, 3.05) is 0 Å². The predicted molar refractivity (Wildman–Crippen MR) is 79.8 cm³/mol. The van der Waals surface area contributed by atoms with Gasteiger partial charge in [-0.05, 0) is 11.4 Å². The first kappa shape index (κ1) is 14.9. The van der Waals surface area contributed by atoms with Crippen LogP contribution in [0.4, 0.5) is 0 Å². The van der Waals surface area contributed by atoms with Crippen molar-refractivity contribution < 1.29 is 17.9 Å². The van der Waals surface area contributed by atoms with E-state index in [2.05, 4.69) is 9.97 Å². The fourth-order valence-corrected chi connectivity index (χ4v) is 4.06. The summed E-state index contributed by atoms with van der Waals surface area (Å²) in [5.41, 5.74) is 0.745. The van der Waals surface area contributed by atoms with Gasteiger partial charge in [0.05, 0.1) is 29.1 Å². The topological polar surface area (TPSA) is 98.2 Å². The lowest BCUT2D eigenvalue weighted by Gasteiger charge is -2.04. The smallest absolute Gasteiger partial charge is 0.236 e. The Kier molecular flexibility index (Phi) is 3.85. The monoisotopic (exact) mass is 339 g/mol. The van der Waals surface area contributed by atoms with Gasteiger partial charge in [-0.2, -0.15) is 0 Å². The molecule has 0 atom stereocenters. The Morgan fingerprint density at radius 1 is 1.45 bits per heavy atom.